The Morgan fingerprint density at radius 1 is 1.60 bits per heavy atom. The van der Waals surface area contributed by atoms with E-state index >= 15 is 0 Å². The quantitative estimate of drug-likeness (QED) is 0.684. The van der Waals surface area contributed by atoms with Crippen molar-refractivity contribution in [3.05, 3.63) is 0 Å². The zero-order valence-corrected chi connectivity index (χ0v) is 10.3. The first-order chi connectivity index (χ1) is 6.93. The van der Waals surface area contributed by atoms with Crippen LogP contribution < -0.4 is 5.73 Å². The van der Waals surface area contributed by atoms with Gasteiger partial charge in [0.2, 0.25) is 0 Å². The molecular formula is C11H23N3O. The summed E-state index contributed by atoms with van der Waals surface area (Å²) >= 11 is 0. The fourth-order valence-corrected chi connectivity index (χ4v) is 1.34. The first-order valence-corrected chi connectivity index (χ1v) is 5.32. The highest BCUT2D eigenvalue weighted by Crippen LogP contribution is 2.08. The largest absolute Gasteiger partial charge is 0.383 e. The van der Waals surface area contributed by atoms with Gasteiger partial charge in [-0.15, -0.1) is 0 Å². The molecule has 0 saturated carbocycles. The lowest BCUT2D eigenvalue weighted by molar-refractivity contribution is 0.114. The Balaban J connectivity index is 3.73. The van der Waals surface area contributed by atoms with Crippen molar-refractivity contribution >= 4 is 0 Å². The number of hydrogen-bond donors (Lipinski definition) is 1. The Morgan fingerprint density at radius 3 is 2.67 bits per heavy atom. The number of nitrogens with zero attached hydrogens (tertiary/aromatic N) is 2. The third-order valence-corrected chi connectivity index (χ3v) is 2.62. The molecule has 15 heavy (non-hydrogen) atoms. The summed E-state index contributed by atoms with van der Waals surface area (Å²) in [5.41, 5.74) is 5.04. The molecule has 0 radical (unpaired) electrons. The van der Waals surface area contributed by atoms with Crippen LogP contribution in [0.1, 0.15) is 26.7 Å². The summed E-state index contributed by atoms with van der Waals surface area (Å²) in [6.45, 7) is 5.56. The first-order valence-electron chi connectivity index (χ1n) is 5.32. The number of rotatable bonds is 7. The lowest BCUT2D eigenvalue weighted by atomic mass is 9.99. The molecule has 4 heteroatoms. The standard InChI is InChI=1S/C11H23N3O/c1-10(8-15-4)14(3)7-5-6-11(2,13)9-12/h10H,5-8,13H2,1-4H3. The summed E-state index contributed by atoms with van der Waals surface area (Å²) in [6, 6.07) is 2.51. The SMILES string of the molecule is COCC(C)N(C)CCCC(C)(N)C#N. The van der Waals surface area contributed by atoms with Crippen LogP contribution >= 0.6 is 0 Å². The van der Waals surface area contributed by atoms with Gasteiger partial charge in [0.25, 0.3) is 0 Å². The molecule has 4 nitrogen and oxygen atoms in total. The highest BCUT2D eigenvalue weighted by molar-refractivity contribution is 5.00. The smallest absolute Gasteiger partial charge is 0.101 e. The van der Waals surface area contributed by atoms with Gasteiger partial charge in [0.1, 0.15) is 5.54 Å². The van der Waals surface area contributed by atoms with E-state index in [0.29, 0.717) is 6.04 Å². The van der Waals surface area contributed by atoms with Crippen LogP contribution in [0.2, 0.25) is 0 Å². The fourth-order valence-electron chi connectivity index (χ4n) is 1.34. The van der Waals surface area contributed by atoms with E-state index in [1.165, 1.54) is 0 Å². The van der Waals surface area contributed by atoms with Crippen LogP contribution in [-0.4, -0.2) is 43.8 Å². The van der Waals surface area contributed by atoms with Gasteiger partial charge in [0.15, 0.2) is 0 Å². The van der Waals surface area contributed by atoms with Crippen LogP contribution in [0.5, 0.6) is 0 Å². The van der Waals surface area contributed by atoms with E-state index in [1.807, 2.05) is 0 Å². The molecule has 0 amide bonds. The Kier molecular flexibility index (Phi) is 6.50. The number of likely N-dealkylation sites (N-methyl/N-ethyl adjacent to an activating group) is 1. The molecule has 0 aliphatic rings. The van der Waals surface area contributed by atoms with Crippen molar-refractivity contribution in [1.82, 2.24) is 4.90 Å². The van der Waals surface area contributed by atoms with Crippen molar-refractivity contribution in [2.45, 2.75) is 38.3 Å². The number of nitriles is 1. The first kappa shape index (κ1) is 14.4. The molecule has 0 saturated heterocycles. The molecule has 0 aromatic carbocycles. The lowest BCUT2D eigenvalue weighted by Crippen LogP contribution is -2.37. The molecule has 0 spiro atoms. The summed E-state index contributed by atoms with van der Waals surface area (Å²) in [7, 11) is 3.76. The maximum atomic E-state index is 8.74. The minimum atomic E-state index is -0.689. The van der Waals surface area contributed by atoms with Crippen LogP contribution in [0.25, 0.3) is 0 Å². The van der Waals surface area contributed by atoms with E-state index in [2.05, 4.69) is 24.9 Å². The van der Waals surface area contributed by atoms with E-state index in [9.17, 15) is 0 Å². The van der Waals surface area contributed by atoms with Crippen molar-refractivity contribution in [2.24, 2.45) is 5.73 Å². The van der Waals surface area contributed by atoms with Gasteiger partial charge in [-0.25, -0.2) is 0 Å². The maximum Gasteiger partial charge on any atom is 0.101 e. The molecule has 0 aromatic rings. The molecule has 0 aromatic heterocycles. The van der Waals surface area contributed by atoms with Crippen molar-refractivity contribution in [1.29, 1.82) is 5.26 Å². The molecule has 0 fully saturated rings. The van der Waals surface area contributed by atoms with Crippen LogP contribution in [0.3, 0.4) is 0 Å². The van der Waals surface area contributed by atoms with E-state index in [-0.39, 0.29) is 0 Å². The molecule has 0 rings (SSSR count). The fraction of sp³-hybridized carbons (Fsp3) is 0.909. The monoisotopic (exact) mass is 213 g/mol. The third-order valence-electron chi connectivity index (χ3n) is 2.62. The molecule has 88 valence electrons. The van der Waals surface area contributed by atoms with Gasteiger partial charge in [-0.2, -0.15) is 5.26 Å². The van der Waals surface area contributed by atoms with E-state index in [1.54, 1.807) is 14.0 Å². The highest BCUT2D eigenvalue weighted by Gasteiger charge is 2.17. The minimum absolute atomic E-state index is 0.404. The molecule has 0 aliphatic carbocycles. The van der Waals surface area contributed by atoms with Crippen LogP contribution in [0.4, 0.5) is 0 Å². The third kappa shape index (κ3) is 6.45. The van der Waals surface area contributed by atoms with Crippen molar-refractivity contribution in [3.8, 4) is 6.07 Å². The van der Waals surface area contributed by atoms with Gasteiger partial charge in [-0.05, 0) is 40.3 Å². The molecular weight excluding hydrogens is 190 g/mol. The van der Waals surface area contributed by atoms with Gasteiger partial charge in [0, 0.05) is 13.2 Å². The minimum Gasteiger partial charge on any atom is -0.383 e. The Labute approximate surface area is 93.0 Å². The van der Waals surface area contributed by atoms with Crippen LogP contribution in [-0.2, 0) is 4.74 Å². The van der Waals surface area contributed by atoms with E-state index < -0.39 is 5.54 Å². The molecule has 0 heterocycles. The lowest BCUT2D eigenvalue weighted by Gasteiger charge is -2.25. The number of hydrogen-bond acceptors (Lipinski definition) is 4. The number of methoxy groups -OCH3 is 1. The topological polar surface area (TPSA) is 62.3 Å². The molecule has 0 aliphatic heterocycles. The summed E-state index contributed by atoms with van der Waals surface area (Å²) in [6.07, 6.45) is 1.67. The Morgan fingerprint density at radius 2 is 2.20 bits per heavy atom. The molecule has 2 atom stereocenters. The second-order valence-electron chi connectivity index (χ2n) is 4.42. The highest BCUT2D eigenvalue weighted by atomic mass is 16.5. The van der Waals surface area contributed by atoms with E-state index in [4.69, 9.17) is 15.7 Å². The summed E-state index contributed by atoms with van der Waals surface area (Å²) < 4.78 is 5.07. The van der Waals surface area contributed by atoms with Gasteiger partial charge in [-0.1, -0.05) is 0 Å². The molecule has 2 unspecified atom stereocenters. The zero-order chi connectivity index (χ0) is 11.9. The number of ether oxygens (including phenoxy) is 1. The van der Waals surface area contributed by atoms with Gasteiger partial charge < -0.3 is 15.4 Å². The van der Waals surface area contributed by atoms with E-state index in [0.717, 1.165) is 26.0 Å². The van der Waals surface area contributed by atoms with Crippen molar-refractivity contribution in [2.75, 3.05) is 27.3 Å². The van der Waals surface area contributed by atoms with Crippen molar-refractivity contribution in [3.63, 3.8) is 0 Å². The van der Waals surface area contributed by atoms with Gasteiger partial charge >= 0.3 is 0 Å². The summed E-state index contributed by atoms with van der Waals surface area (Å²) in [5.74, 6) is 0. The molecule has 2 N–H and O–H groups in total. The van der Waals surface area contributed by atoms with Crippen molar-refractivity contribution < 1.29 is 4.74 Å². The Bertz CT molecular complexity index is 210. The number of nitrogens with two attached hydrogens (primary N) is 1. The summed E-state index contributed by atoms with van der Waals surface area (Å²) in [5, 5.41) is 8.74. The second kappa shape index (κ2) is 6.78. The Hall–Kier alpha value is -0.630. The van der Waals surface area contributed by atoms with Crippen LogP contribution in [0.15, 0.2) is 0 Å². The maximum absolute atomic E-state index is 8.74. The van der Waals surface area contributed by atoms with Gasteiger partial charge in [-0.3, -0.25) is 0 Å². The average Bonchev–Trinajstić information content (AvgIpc) is 2.18. The van der Waals surface area contributed by atoms with Crippen LogP contribution in [0, 0.1) is 11.3 Å². The van der Waals surface area contributed by atoms with Gasteiger partial charge in [0.05, 0.1) is 12.7 Å². The molecule has 0 bridgehead atoms. The average molecular weight is 213 g/mol. The predicted molar refractivity (Wildman–Crippen MR) is 61.4 cm³/mol. The second-order valence-corrected chi connectivity index (χ2v) is 4.42. The normalized spacial score (nSPS) is 17.1. The summed E-state index contributed by atoms with van der Waals surface area (Å²) in [4.78, 5) is 2.22. The zero-order valence-electron chi connectivity index (χ0n) is 10.3. The predicted octanol–water partition coefficient (Wildman–Crippen LogP) is 0.974.